The topological polar surface area (TPSA) is 109 Å². The second kappa shape index (κ2) is 5.64. The highest BCUT2D eigenvalue weighted by Crippen LogP contribution is 2.07. The number of carboxylic acid groups (broad SMARTS) is 1. The van der Waals surface area contributed by atoms with Crippen LogP contribution in [-0.2, 0) is 4.79 Å². The first-order valence-electron chi connectivity index (χ1n) is 4.82. The van der Waals surface area contributed by atoms with Crippen LogP contribution in [0.25, 0.3) is 0 Å². The molecule has 1 rings (SSSR count). The molecule has 0 atom stereocenters. The molecule has 0 heterocycles. The van der Waals surface area contributed by atoms with Gasteiger partial charge in [-0.25, -0.2) is 0 Å². The van der Waals surface area contributed by atoms with Gasteiger partial charge in [-0.3, -0.25) is 14.4 Å². The van der Waals surface area contributed by atoms with E-state index in [1.807, 2.05) is 0 Å². The molecular formula is C11H11N2O4. The normalized spacial score (nSPS) is 9.65. The minimum atomic E-state index is -1.01. The van der Waals surface area contributed by atoms with Crippen LogP contribution in [0.15, 0.2) is 18.2 Å². The van der Waals surface area contributed by atoms with E-state index >= 15 is 0 Å². The van der Waals surface area contributed by atoms with E-state index < -0.39 is 17.8 Å². The molecular weight excluding hydrogens is 224 g/mol. The highest BCUT2D eigenvalue weighted by Gasteiger charge is 2.14. The molecule has 0 spiro atoms. The summed E-state index contributed by atoms with van der Waals surface area (Å²) >= 11 is 0. The molecule has 6 nitrogen and oxygen atoms in total. The lowest BCUT2D eigenvalue weighted by molar-refractivity contribution is -0.136. The first-order chi connectivity index (χ1) is 8.02. The van der Waals surface area contributed by atoms with Gasteiger partial charge in [0.05, 0.1) is 17.5 Å². The summed E-state index contributed by atoms with van der Waals surface area (Å²) in [7, 11) is 0. The van der Waals surface area contributed by atoms with Crippen molar-refractivity contribution in [2.75, 3.05) is 6.54 Å². The van der Waals surface area contributed by atoms with Crippen molar-refractivity contribution in [2.45, 2.75) is 6.42 Å². The van der Waals surface area contributed by atoms with Gasteiger partial charge in [-0.05, 0) is 18.2 Å². The Bertz CT molecular complexity index is 457. The Hall–Kier alpha value is -2.37. The number of primary amides is 1. The minimum absolute atomic E-state index is 0.0126. The minimum Gasteiger partial charge on any atom is -0.481 e. The van der Waals surface area contributed by atoms with Gasteiger partial charge in [-0.1, -0.05) is 6.07 Å². The lowest BCUT2D eigenvalue weighted by Gasteiger charge is -2.06. The number of rotatable bonds is 5. The number of hydrogen-bond acceptors (Lipinski definition) is 3. The van der Waals surface area contributed by atoms with Gasteiger partial charge in [0.25, 0.3) is 5.91 Å². The molecule has 17 heavy (non-hydrogen) atoms. The van der Waals surface area contributed by atoms with Gasteiger partial charge in [0.2, 0.25) is 5.91 Å². The van der Waals surface area contributed by atoms with Crippen molar-refractivity contribution >= 4 is 17.8 Å². The van der Waals surface area contributed by atoms with Crippen LogP contribution in [0.5, 0.6) is 0 Å². The molecule has 1 aromatic rings. The number of hydrogen-bond donors (Lipinski definition) is 3. The van der Waals surface area contributed by atoms with Crippen LogP contribution in [0.1, 0.15) is 27.1 Å². The number of amides is 2. The lowest BCUT2D eigenvalue weighted by atomic mass is 10.1. The van der Waals surface area contributed by atoms with Crippen molar-refractivity contribution in [1.29, 1.82) is 0 Å². The molecule has 0 aromatic heterocycles. The smallest absolute Gasteiger partial charge is 0.305 e. The van der Waals surface area contributed by atoms with E-state index in [0.717, 1.165) is 0 Å². The Morgan fingerprint density at radius 3 is 2.65 bits per heavy atom. The van der Waals surface area contributed by atoms with E-state index in [2.05, 4.69) is 11.4 Å². The highest BCUT2D eigenvalue weighted by molar-refractivity contribution is 6.06. The van der Waals surface area contributed by atoms with E-state index in [9.17, 15) is 14.4 Å². The summed E-state index contributed by atoms with van der Waals surface area (Å²) in [6, 6.07) is 6.83. The Morgan fingerprint density at radius 1 is 1.35 bits per heavy atom. The fraction of sp³-hybridized carbons (Fsp3) is 0.182. The Kier molecular flexibility index (Phi) is 4.21. The quantitative estimate of drug-likeness (QED) is 0.655. The average Bonchev–Trinajstić information content (AvgIpc) is 2.28. The van der Waals surface area contributed by atoms with E-state index in [0.29, 0.717) is 0 Å². The van der Waals surface area contributed by atoms with Crippen LogP contribution in [0.2, 0.25) is 0 Å². The summed E-state index contributed by atoms with van der Waals surface area (Å²) in [5.74, 6) is -2.28. The van der Waals surface area contributed by atoms with Crippen LogP contribution < -0.4 is 11.1 Å². The first-order valence-corrected chi connectivity index (χ1v) is 4.82. The van der Waals surface area contributed by atoms with Gasteiger partial charge in [0.1, 0.15) is 0 Å². The van der Waals surface area contributed by atoms with Gasteiger partial charge in [-0.15, -0.1) is 0 Å². The second-order valence-corrected chi connectivity index (χ2v) is 3.24. The van der Waals surface area contributed by atoms with E-state index in [1.54, 1.807) is 0 Å². The third kappa shape index (κ3) is 3.60. The number of nitrogens with one attached hydrogen (secondary N) is 1. The second-order valence-electron chi connectivity index (χ2n) is 3.24. The van der Waals surface area contributed by atoms with Crippen molar-refractivity contribution in [3.05, 3.63) is 35.4 Å². The van der Waals surface area contributed by atoms with Crippen LogP contribution in [-0.4, -0.2) is 29.4 Å². The summed E-state index contributed by atoms with van der Waals surface area (Å²) in [5.41, 5.74) is 5.27. The molecule has 4 N–H and O–H groups in total. The van der Waals surface area contributed by atoms with Crippen molar-refractivity contribution in [3.63, 3.8) is 0 Å². The number of benzene rings is 1. The Morgan fingerprint density at radius 2 is 2.06 bits per heavy atom. The monoisotopic (exact) mass is 235 g/mol. The average molecular weight is 235 g/mol. The molecule has 0 aliphatic carbocycles. The van der Waals surface area contributed by atoms with Crippen molar-refractivity contribution in [3.8, 4) is 0 Å². The fourth-order valence-electron chi connectivity index (χ4n) is 1.21. The standard InChI is InChI=1S/C11H11N2O4/c12-10(16)7-3-1-2-4-8(7)11(17)13-6-5-9(14)15/h1,3-4H,5-6H2,(H2,12,16)(H,13,17)(H,14,15). The van der Waals surface area contributed by atoms with Gasteiger partial charge in [0, 0.05) is 6.54 Å². The SMILES string of the molecule is NC(=O)c1cc[c]cc1C(=O)NCCC(=O)O. The van der Waals surface area contributed by atoms with Crippen molar-refractivity contribution < 1.29 is 19.5 Å². The van der Waals surface area contributed by atoms with E-state index in [1.165, 1.54) is 18.2 Å². The number of carbonyl (C=O) groups is 3. The molecule has 2 amide bonds. The number of nitrogens with two attached hydrogens (primary N) is 1. The highest BCUT2D eigenvalue weighted by atomic mass is 16.4. The summed E-state index contributed by atoms with van der Waals surface area (Å²) in [6.07, 6.45) is -0.186. The maximum Gasteiger partial charge on any atom is 0.305 e. The molecule has 0 saturated carbocycles. The predicted octanol–water partition coefficient (Wildman–Crippen LogP) is -0.210. The molecule has 0 bridgehead atoms. The lowest BCUT2D eigenvalue weighted by Crippen LogP contribution is -2.28. The van der Waals surface area contributed by atoms with E-state index in [4.69, 9.17) is 10.8 Å². The van der Waals surface area contributed by atoms with Gasteiger partial charge in [0.15, 0.2) is 0 Å². The zero-order valence-corrected chi connectivity index (χ0v) is 8.90. The summed E-state index contributed by atoms with van der Waals surface area (Å²) in [5, 5.41) is 10.8. The number of carbonyl (C=O) groups excluding carboxylic acids is 2. The van der Waals surface area contributed by atoms with E-state index in [-0.39, 0.29) is 24.1 Å². The summed E-state index contributed by atoms with van der Waals surface area (Å²) in [6.45, 7) is -0.0126. The van der Waals surface area contributed by atoms with Crippen LogP contribution in [0.3, 0.4) is 0 Å². The summed E-state index contributed by atoms with van der Waals surface area (Å²) in [4.78, 5) is 32.9. The maximum absolute atomic E-state index is 11.6. The van der Waals surface area contributed by atoms with Crippen LogP contribution >= 0.6 is 0 Å². The Labute approximate surface area is 97.4 Å². The van der Waals surface area contributed by atoms with Crippen LogP contribution in [0.4, 0.5) is 0 Å². The fourth-order valence-corrected chi connectivity index (χ4v) is 1.21. The molecule has 0 saturated heterocycles. The largest absolute Gasteiger partial charge is 0.481 e. The molecule has 1 aromatic carbocycles. The van der Waals surface area contributed by atoms with Crippen LogP contribution in [0, 0.1) is 6.07 Å². The molecule has 6 heteroatoms. The van der Waals surface area contributed by atoms with Gasteiger partial charge < -0.3 is 16.2 Å². The third-order valence-corrected chi connectivity index (χ3v) is 2.00. The van der Waals surface area contributed by atoms with Gasteiger partial charge in [-0.2, -0.15) is 0 Å². The molecule has 0 fully saturated rings. The zero-order chi connectivity index (χ0) is 12.8. The molecule has 0 unspecified atom stereocenters. The first kappa shape index (κ1) is 12.7. The molecule has 89 valence electrons. The summed E-state index contributed by atoms with van der Waals surface area (Å²) < 4.78 is 0. The third-order valence-electron chi connectivity index (χ3n) is 2.00. The molecule has 0 aliphatic heterocycles. The number of aliphatic carboxylic acids is 1. The zero-order valence-electron chi connectivity index (χ0n) is 8.90. The Balaban J connectivity index is 2.75. The van der Waals surface area contributed by atoms with Crippen molar-refractivity contribution in [2.24, 2.45) is 5.73 Å². The predicted molar refractivity (Wildman–Crippen MR) is 58.4 cm³/mol. The van der Waals surface area contributed by atoms with Gasteiger partial charge >= 0.3 is 5.97 Å². The van der Waals surface area contributed by atoms with Crippen molar-refractivity contribution in [1.82, 2.24) is 5.32 Å². The molecule has 1 radical (unpaired) electrons. The molecule has 0 aliphatic rings. The maximum atomic E-state index is 11.6. The number of carboxylic acids is 1.